The van der Waals surface area contributed by atoms with E-state index >= 15 is 0 Å². The van der Waals surface area contributed by atoms with E-state index < -0.39 is 0 Å². The minimum Gasteiger partial charge on any atom is -0.368 e. The molecule has 3 nitrogen and oxygen atoms in total. The molecule has 3 heteroatoms. The lowest BCUT2D eigenvalue weighted by molar-refractivity contribution is 0.0504. The van der Waals surface area contributed by atoms with Crippen molar-refractivity contribution in [1.29, 1.82) is 0 Å². The van der Waals surface area contributed by atoms with Gasteiger partial charge in [0.15, 0.2) is 0 Å². The van der Waals surface area contributed by atoms with Crippen LogP contribution in [0.15, 0.2) is 48.5 Å². The summed E-state index contributed by atoms with van der Waals surface area (Å²) in [4.78, 5) is 4.59. The third kappa shape index (κ3) is 4.44. The number of hydrogen-bond donors (Lipinski definition) is 1. The molecule has 0 bridgehead atoms. The summed E-state index contributed by atoms with van der Waals surface area (Å²) in [6, 6.07) is 16.3. The maximum atomic E-state index is 5.89. The van der Waals surface area contributed by atoms with Crippen LogP contribution in [0.25, 0.3) is 0 Å². The third-order valence-corrected chi connectivity index (χ3v) is 3.17. The summed E-state index contributed by atoms with van der Waals surface area (Å²) in [5, 5.41) is 3.28. The second kappa shape index (κ2) is 7.78. The van der Waals surface area contributed by atoms with Crippen molar-refractivity contribution < 1.29 is 4.74 Å². The molecular formula is C17H22N2O. The van der Waals surface area contributed by atoms with Gasteiger partial charge in [-0.1, -0.05) is 43.3 Å². The van der Waals surface area contributed by atoms with Crippen molar-refractivity contribution in [1.82, 2.24) is 10.3 Å². The van der Waals surface area contributed by atoms with Crippen molar-refractivity contribution in [3.05, 3.63) is 65.5 Å². The molecule has 106 valence electrons. The molecule has 0 radical (unpaired) electrons. The van der Waals surface area contributed by atoms with Crippen LogP contribution < -0.4 is 5.32 Å². The lowest BCUT2D eigenvalue weighted by Crippen LogP contribution is -2.13. The number of nitrogens with zero attached hydrogens (tertiary/aromatic N) is 1. The molecule has 1 atom stereocenters. The van der Waals surface area contributed by atoms with E-state index in [2.05, 4.69) is 36.3 Å². The highest BCUT2D eigenvalue weighted by Gasteiger charge is 2.06. The summed E-state index contributed by atoms with van der Waals surface area (Å²) in [7, 11) is 0. The molecule has 0 saturated heterocycles. The first-order valence-corrected chi connectivity index (χ1v) is 7.11. The van der Waals surface area contributed by atoms with Crippen LogP contribution in [0.4, 0.5) is 0 Å². The van der Waals surface area contributed by atoms with Crippen molar-refractivity contribution >= 4 is 0 Å². The first kappa shape index (κ1) is 14.7. The van der Waals surface area contributed by atoms with E-state index in [9.17, 15) is 0 Å². The summed E-state index contributed by atoms with van der Waals surface area (Å²) in [5.41, 5.74) is 3.22. The number of nitrogens with one attached hydrogen (secondary N) is 1. The van der Waals surface area contributed by atoms with Gasteiger partial charge in [0.05, 0.1) is 24.1 Å². The summed E-state index contributed by atoms with van der Waals surface area (Å²) < 4.78 is 5.89. The van der Waals surface area contributed by atoms with Crippen molar-refractivity contribution in [2.24, 2.45) is 0 Å². The summed E-state index contributed by atoms with van der Waals surface area (Å²) in [6.07, 6.45) is 0.0791. The van der Waals surface area contributed by atoms with E-state index in [1.54, 1.807) is 0 Å². The second-order valence-electron chi connectivity index (χ2n) is 4.76. The average Bonchev–Trinajstić information content (AvgIpc) is 2.52. The highest BCUT2D eigenvalue weighted by molar-refractivity contribution is 5.17. The first-order valence-electron chi connectivity index (χ1n) is 7.11. The summed E-state index contributed by atoms with van der Waals surface area (Å²) in [6.45, 7) is 6.45. The van der Waals surface area contributed by atoms with E-state index in [1.807, 2.05) is 36.4 Å². The van der Waals surface area contributed by atoms with Gasteiger partial charge in [0.25, 0.3) is 0 Å². The quantitative estimate of drug-likeness (QED) is 0.836. The Balaban J connectivity index is 1.90. The fourth-order valence-corrected chi connectivity index (χ4v) is 1.99. The van der Waals surface area contributed by atoms with Crippen LogP contribution in [0.2, 0.25) is 0 Å². The predicted molar refractivity (Wildman–Crippen MR) is 81.3 cm³/mol. The summed E-state index contributed by atoms with van der Waals surface area (Å²) in [5.74, 6) is 0. The molecular weight excluding hydrogens is 248 g/mol. The molecule has 1 heterocycles. The lowest BCUT2D eigenvalue weighted by Gasteiger charge is -2.13. The van der Waals surface area contributed by atoms with Gasteiger partial charge in [-0.05, 0) is 31.2 Å². The zero-order chi connectivity index (χ0) is 14.2. The Kier molecular flexibility index (Phi) is 5.71. The van der Waals surface area contributed by atoms with Gasteiger partial charge in [-0.2, -0.15) is 0 Å². The van der Waals surface area contributed by atoms with E-state index in [-0.39, 0.29) is 6.10 Å². The SMILES string of the molecule is CCNCc1cccc(COC(C)c2ccccc2)n1. The van der Waals surface area contributed by atoms with Crippen molar-refractivity contribution in [3.63, 3.8) is 0 Å². The average molecular weight is 270 g/mol. The third-order valence-electron chi connectivity index (χ3n) is 3.17. The first-order chi connectivity index (χ1) is 9.79. The molecule has 0 aliphatic rings. The fourth-order valence-electron chi connectivity index (χ4n) is 1.99. The van der Waals surface area contributed by atoms with Crippen LogP contribution in [0.3, 0.4) is 0 Å². The number of benzene rings is 1. The number of pyridine rings is 1. The van der Waals surface area contributed by atoms with Gasteiger partial charge in [0.2, 0.25) is 0 Å². The van der Waals surface area contributed by atoms with Crippen LogP contribution in [-0.4, -0.2) is 11.5 Å². The fraction of sp³-hybridized carbons (Fsp3) is 0.353. The van der Waals surface area contributed by atoms with E-state index in [0.717, 1.165) is 24.5 Å². The van der Waals surface area contributed by atoms with Crippen molar-refractivity contribution in [2.45, 2.75) is 33.1 Å². The molecule has 0 amide bonds. The minimum atomic E-state index is 0.0791. The van der Waals surface area contributed by atoms with Gasteiger partial charge in [0, 0.05) is 6.54 Å². The van der Waals surface area contributed by atoms with Crippen LogP contribution in [-0.2, 0) is 17.9 Å². The largest absolute Gasteiger partial charge is 0.368 e. The Morgan fingerprint density at radius 2 is 1.80 bits per heavy atom. The molecule has 0 spiro atoms. The van der Waals surface area contributed by atoms with Gasteiger partial charge in [-0.25, -0.2) is 0 Å². The zero-order valence-corrected chi connectivity index (χ0v) is 12.2. The monoisotopic (exact) mass is 270 g/mol. The van der Waals surface area contributed by atoms with Crippen LogP contribution in [0.1, 0.15) is 36.9 Å². The molecule has 2 aromatic rings. The number of rotatable bonds is 7. The maximum absolute atomic E-state index is 5.89. The smallest absolute Gasteiger partial charge is 0.0896 e. The Morgan fingerprint density at radius 3 is 2.55 bits per heavy atom. The standard InChI is InChI=1S/C17H22N2O/c1-3-18-12-16-10-7-11-17(19-16)13-20-14(2)15-8-5-4-6-9-15/h4-11,14,18H,3,12-13H2,1-2H3. The van der Waals surface area contributed by atoms with Gasteiger partial charge < -0.3 is 10.1 Å². The van der Waals surface area contributed by atoms with Crippen molar-refractivity contribution in [3.8, 4) is 0 Å². The number of ether oxygens (including phenoxy) is 1. The number of aromatic nitrogens is 1. The van der Waals surface area contributed by atoms with Gasteiger partial charge >= 0.3 is 0 Å². The van der Waals surface area contributed by atoms with Gasteiger partial charge in [0.1, 0.15) is 0 Å². The van der Waals surface area contributed by atoms with Crippen LogP contribution in [0.5, 0.6) is 0 Å². The molecule has 1 aromatic heterocycles. The van der Waals surface area contributed by atoms with Gasteiger partial charge in [-0.3, -0.25) is 4.98 Å². The van der Waals surface area contributed by atoms with E-state index in [4.69, 9.17) is 4.74 Å². The second-order valence-corrected chi connectivity index (χ2v) is 4.76. The Bertz CT molecular complexity index is 513. The summed E-state index contributed by atoms with van der Waals surface area (Å²) >= 11 is 0. The van der Waals surface area contributed by atoms with Crippen molar-refractivity contribution in [2.75, 3.05) is 6.54 Å². The molecule has 0 aliphatic carbocycles. The molecule has 1 unspecified atom stereocenters. The van der Waals surface area contributed by atoms with E-state index in [1.165, 1.54) is 5.56 Å². The van der Waals surface area contributed by atoms with E-state index in [0.29, 0.717) is 6.61 Å². The Labute approximate surface area is 121 Å². The lowest BCUT2D eigenvalue weighted by atomic mass is 10.1. The maximum Gasteiger partial charge on any atom is 0.0896 e. The topological polar surface area (TPSA) is 34.1 Å². The molecule has 0 aliphatic heterocycles. The molecule has 1 aromatic carbocycles. The number of hydrogen-bond acceptors (Lipinski definition) is 3. The van der Waals surface area contributed by atoms with Gasteiger partial charge in [-0.15, -0.1) is 0 Å². The Hall–Kier alpha value is -1.71. The normalized spacial score (nSPS) is 12.3. The Morgan fingerprint density at radius 1 is 1.05 bits per heavy atom. The predicted octanol–water partition coefficient (Wildman–Crippen LogP) is 3.47. The molecule has 0 saturated carbocycles. The molecule has 2 rings (SSSR count). The highest BCUT2D eigenvalue weighted by atomic mass is 16.5. The van der Waals surface area contributed by atoms with Crippen LogP contribution >= 0.6 is 0 Å². The molecule has 1 N–H and O–H groups in total. The minimum absolute atomic E-state index is 0.0791. The molecule has 20 heavy (non-hydrogen) atoms. The molecule has 0 fully saturated rings. The highest BCUT2D eigenvalue weighted by Crippen LogP contribution is 2.17. The van der Waals surface area contributed by atoms with Crippen LogP contribution in [0, 0.1) is 0 Å². The zero-order valence-electron chi connectivity index (χ0n) is 12.2.